The van der Waals surface area contributed by atoms with Crippen molar-refractivity contribution >= 4 is 16.5 Å². The average Bonchev–Trinajstić information content (AvgIpc) is 3.32. The third-order valence-corrected chi connectivity index (χ3v) is 6.94. The predicted octanol–water partition coefficient (Wildman–Crippen LogP) is 6.45. The van der Waals surface area contributed by atoms with Gasteiger partial charge in [-0.25, -0.2) is 8.78 Å². The summed E-state index contributed by atoms with van der Waals surface area (Å²) in [7, 11) is 1.66. The summed E-state index contributed by atoms with van der Waals surface area (Å²) in [6, 6.07) is 24.3. The molecular formula is C32H28F2N4O2. The molecule has 0 radical (unpaired) electrons. The van der Waals surface area contributed by atoms with Gasteiger partial charge in [0, 0.05) is 25.0 Å². The van der Waals surface area contributed by atoms with E-state index in [4.69, 9.17) is 9.47 Å². The number of hydrogen-bond donors (Lipinski definition) is 1. The highest BCUT2D eigenvalue weighted by Gasteiger charge is 2.25. The standard InChI is InChI=1S/C32H28F2N4O2/c1-38-31-25(18-26(33)28(29(31)34)23-14-16-35-17-15-23)30(37-38)24-12-13-27(39-19-21-8-4-2-5-9-21)36-32(24)40-20-22-10-6-3-7-11-22/h2-14,18,35H,15-17,19-20H2,1H3. The van der Waals surface area contributed by atoms with E-state index < -0.39 is 11.6 Å². The van der Waals surface area contributed by atoms with Crippen LogP contribution in [0.5, 0.6) is 11.8 Å². The van der Waals surface area contributed by atoms with Gasteiger partial charge in [-0.05, 0) is 41.8 Å². The normalized spacial score (nSPS) is 13.3. The number of hydrogen-bond acceptors (Lipinski definition) is 5. The molecule has 202 valence electrons. The summed E-state index contributed by atoms with van der Waals surface area (Å²) >= 11 is 0. The number of benzene rings is 3. The van der Waals surface area contributed by atoms with Crippen LogP contribution in [0.15, 0.2) is 84.9 Å². The topological polar surface area (TPSA) is 61.2 Å². The molecule has 0 bridgehead atoms. The van der Waals surface area contributed by atoms with Crippen LogP contribution in [-0.2, 0) is 20.3 Å². The molecule has 2 aromatic heterocycles. The fourth-order valence-electron chi connectivity index (χ4n) is 4.95. The number of ether oxygens (including phenoxy) is 2. The van der Waals surface area contributed by atoms with Crippen LogP contribution in [0.3, 0.4) is 0 Å². The highest BCUT2D eigenvalue weighted by atomic mass is 19.1. The van der Waals surface area contributed by atoms with Gasteiger partial charge in [0.05, 0.1) is 11.1 Å². The summed E-state index contributed by atoms with van der Waals surface area (Å²) in [5.74, 6) is -0.601. The Balaban J connectivity index is 1.41. The Morgan fingerprint density at radius 2 is 1.60 bits per heavy atom. The largest absolute Gasteiger partial charge is 0.473 e. The van der Waals surface area contributed by atoms with Gasteiger partial charge in [0.25, 0.3) is 0 Å². The maximum absolute atomic E-state index is 15.9. The first-order valence-corrected chi connectivity index (χ1v) is 13.2. The number of fused-ring (bicyclic) bond motifs is 1. The second-order valence-corrected chi connectivity index (χ2v) is 9.65. The molecule has 3 aromatic carbocycles. The van der Waals surface area contributed by atoms with Crippen molar-refractivity contribution in [2.75, 3.05) is 13.1 Å². The van der Waals surface area contributed by atoms with E-state index in [9.17, 15) is 0 Å². The first-order chi connectivity index (χ1) is 19.6. The molecule has 40 heavy (non-hydrogen) atoms. The van der Waals surface area contributed by atoms with Crippen LogP contribution < -0.4 is 14.8 Å². The zero-order valence-corrected chi connectivity index (χ0v) is 22.0. The number of rotatable bonds is 8. The minimum Gasteiger partial charge on any atom is -0.473 e. The Bertz CT molecular complexity index is 1680. The summed E-state index contributed by atoms with van der Waals surface area (Å²) in [5, 5.41) is 8.13. The summed E-state index contributed by atoms with van der Waals surface area (Å²) in [6.07, 6.45) is 2.39. The molecule has 3 heterocycles. The van der Waals surface area contributed by atoms with Crippen LogP contribution in [0.25, 0.3) is 27.7 Å². The molecule has 0 fully saturated rings. The zero-order chi connectivity index (χ0) is 27.5. The molecule has 5 aromatic rings. The molecule has 6 rings (SSSR count). The Labute approximate surface area is 230 Å². The molecule has 0 atom stereocenters. The predicted molar refractivity (Wildman–Crippen MR) is 151 cm³/mol. The van der Waals surface area contributed by atoms with Gasteiger partial charge in [-0.2, -0.15) is 10.1 Å². The van der Waals surface area contributed by atoms with Gasteiger partial charge in [0.1, 0.15) is 30.2 Å². The lowest BCUT2D eigenvalue weighted by molar-refractivity contribution is 0.268. The number of nitrogens with zero attached hydrogens (tertiary/aromatic N) is 3. The second-order valence-electron chi connectivity index (χ2n) is 9.65. The Morgan fingerprint density at radius 1 is 0.900 bits per heavy atom. The summed E-state index contributed by atoms with van der Waals surface area (Å²) < 4.78 is 44.9. The maximum Gasteiger partial charge on any atom is 0.226 e. The lowest BCUT2D eigenvalue weighted by Gasteiger charge is -2.16. The SMILES string of the molecule is Cn1nc(-c2ccc(OCc3ccccc3)nc2OCc2ccccc2)c2cc(F)c(C3=CCNCC3)c(F)c21. The number of halogens is 2. The molecule has 0 aliphatic carbocycles. The quantitative estimate of drug-likeness (QED) is 0.246. The van der Waals surface area contributed by atoms with Crippen molar-refractivity contribution in [3.05, 3.63) is 113 Å². The Kier molecular flexibility index (Phi) is 7.25. The van der Waals surface area contributed by atoms with E-state index in [1.54, 1.807) is 19.2 Å². The molecule has 0 saturated heterocycles. The van der Waals surface area contributed by atoms with Crippen LogP contribution in [0, 0.1) is 11.6 Å². The molecule has 0 spiro atoms. The van der Waals surface area contributed by atoms with Crippen LogP contribution in [0.4, 0.5) is 8.78 Å². The van der Waals surface area contributed by atoms with Gasteiger partial charge in [-0.3, -0.25) is 4.68 Å². The van der Waals surface area contributed by atoms with Crippen molar-refractivity contribution in [1.29, 1.82) is 0 Å². The van der Waals surface area contributed by atoms with Crippen molar-refractivity contribution in [2.45, 2.75) is 19.6 Å². The van der Waals surface area contributed by atoms with Gasteiger partial charge in [-0.15, -0.1) is 0 Å². The first kappa shape index (κ1) is 25.7. The molecule has 6 nitrogen and oxygen atoms in total. The minimum absolute atomic E-state index is 0.00638. The zero-order valence-electron chi connectivity index (χ0n) is 22.0. The molecule has 1 N–H and O–H groups in total. The van der Waals surface area contributed by atoms with E-state index >= 15 is 8.78 Å². The number of pyridine rings is 1. The highest BCUT2D eigenvalue weighted by molar-refractivity contribution is 5.96. The Hall–Kier alpha value is -4.56. The monoisotopic (exact) mass is 538 g/mol. The lowest BCUT2D eigenvalue weighted by atomic mass is 9.96. The summed E-state index contributed by atoms with van der Waals surface area (Å²) in [5.41, 5.74) is 3.74. The number of aryl methyl sites for hydroxylation is 1. The van der Waals surface area contributed by atoms with Crippen molar-refractivity contribution < 1.29 is 18.3 Å². The summed E-state index contributed by atoms with van der Waals surface area (Å²) in [6.45, 7) is 1.84. The van der Waals surface area contributed by atoms with Gasteiger partial charge < -0.3 is 14.8 Å². The molecule has 0 amide bonds. The van der Waals surface area contributed by atoms with E-state index in [0.29, 0.717) is 54.2 Å². The van der Waals surface area contributed by atoms with Gasteiger partial charge in [0.15, 0.2) is 5.82 Å². The first-order valence-electron chi connectivity index (χ1n) is 13.2. The molecule has 0 unspecified atom stereocenters. The lowest BCUT2D eigenvalue weighted by Crippen LogP contribution is -2.20. The third kappa shape index (κ3) is 5.18. The van der Waals surface area contributed by atoms with E-state index in [0.717, 1.165) is 11.1 Å². The van der Waals surface area contributed by atoms with Crippen molar-refractivity contribution in [3.8, 4) is 23.0 Å². The number of aromatic nitrogens is 3. The van der Waals surface area contributed by atoms with E-state index in [2.05, 4.69) is 15.4 Å². The van der Waals surface area contributed by atoms with Gasteiger partial charge >= 0.3 is 0 Å². The van der Waals surface area contributed by atoms with Gasteiger partial charge in [-0.1, -0.05) is 66.7 Å². The molecule has 8 heteroatoms. The van der Waals surface area contributed by atoms with E-state index in [1.165, 1.54) is 10.7 Å². The van der Waals surface area contributed by atoms with Gasteiger partial charge in [0.2, 0.25) is 11.8 Å². The number of nitrogens with one attached hydrogen (secondary N) is 1. The smallest absolute Gasteiger partial charge is 0.226 e. The van der Waals surface area contributed by atoms with Crippen LogP contribution in [0.2, 0.25) is 0 Å². The molecule has 1 aliphatic heterocycles. The minimum atomic E-state index is -0.619. The maximum atomic E-state index is 15.9. The molecular weight excluding hydrogens is 510 g/mol. The van der Waals surface area contributed by atoms with Crippen molar-refractivity contribution in [1.82, 2.24) is 20.1 Å². The molecule has 1 aliphatic rings. The van der Waals surface area contributed by atoms with E-state index in [-0.39, 0.29) is 23.6 Å². The van der Waals surface area contributed by atoms with E-state index in [1.807, 2.05) is 66.7 Å². The second kappa shape index (κ2) is 11.3. The highest BCUT2D eigenvalue weighted by Crippen LogP contribution is 2.39. The summed E-state index contributed by atoms with van der Waals surface area (Å²) in [4.78, 5) is 4.63. The van der Waals surface area contributed by atoms with Crippen molar-refractivity contribution in [3.63, 3.8) is 0 Å². The third-order valence-electron chi connectivity index (χ3n) is 6.94. The fraction of sp³-hybridized carbons (Fsp3) is 0.188. The fourth-order valence-corrected chi connectivity index (χ4v) is 4.95. The van der Waals surface area contributed by atoms with Crippen molar-refractivity contribution in [2.24, 2.45) is 7.05 Å². The molecule has 0 saturated carbocycles. The average molecular weight is 539 g/mol. The van der Waals surface area contributed by atoms with Crippen LogP contribution >= 0.6 is 0 Å². The van der Waals surface area contributed by atoms with Crippen LogP contribution in [0.1, 0.15) is 23.1 Å². The Morgan fingerprint density at radius 3 is 2.27 bits per heavy atom. The van der Waals surface area contributed by atoms with Crippen LogP contribution in [-0.4, -0.2) is 27.9 Å².